The summed E-state index contributed by atoms with van der Waals surface area (Å²) in [5, 5.41) is 1.05. The zero-order valence-corrected chi connectivity index (χ0v) is 19.2. The number of thioether (sulfide) groups is 8. The van der Waals surface area contributed by atoms with Crippen LogP contribution in [0.25, 0.3) is 0 Å². The normalized spacial score (nSPS) is 19.8. The molecule has 0 amide bonds. The predicted molar refractivity (Wildman–Crippen MR) is 118 cm³/mol. The molecule has 2 rings (SSSR count). The average Bonchev–Trinajstić information content (AvgIpc) is 3.07. The zero-order chi connectivity index (χ0) is 14.5. The molecule has 0 aromatic rings. The van der Waals surface area contributed by atoms with Crippen LogP contribution in [0.2, 0.25) is 0 Å². The summed E-state index contributed by atoms with van der Waals surface area (Å²) in [5.74, 6) is 1.14. The summed E-state index contributed by atoms with van der Waals surface area (Å²) in [6.45, 7) is 0. The molecule has 0 aromatic heterocycles. The molecule has 0 fully saturated rings. The van der Waals surface area contributed by atoms with Gasteiger partial charge in [-0.25, -0.2) is 0 Å². The molecule has 20 heavy (non-hydrogen) atoms. The molecule has 0 aromatic carbocycles. The first-order valence-electron chi connectivity index (χ1n) is 5.48. The van der Waals surface area contributed by atoms with Crippen LogP contribution in [-0.2, 0) is 0 Å². The number of hydrogen-bond donors (Lipinski definition) is 0. The maximum Gasteiger partial charge on any atom is 0.0717 e. The van der Waals surface area contributed by atoms with Crippen molar-refractivity contribution in [2.45, 2.75) is 0 Å². The molecule has 2 aliphatic rings. The maximum absolute atomic E-state index is 3.52. The largest absolute Gasteiger partial charge is 0.121 e. The monoisotopic (exact) mass is 480 g/mol. The second kappa shape index (κ2) is 9.71. The summed E-state index contributed by atoms with van der Waals surface area (Å²) >= 11 is 18.9. The van der Waals surface area contributed by atoms with Crippen molar-refractivity contribution < 1.29 is 0 Å². The molecular formula is C11H13BrS8. The quantitative estimate of drug-likeness (QED) is 0.352. The zero-order valence-electron chi connectivity index (χ0n) is 11.1. The molecular weight excluding hydrogens is 469 g/mol. The second-order valence-corrected chi connectivity index (χ2v) is 13.3. The van der Waals surface area contributed by atoms with Crippen LogP contribution in [0, 0.1) is 0 Å². The smallest absolute Gasteiger partial charge is 0.0717 e. The fourth-order valence-electron chi connectivity index (χ4n) is 1.31. The Balaban J connectivity index is 2.09. The molecule has 0 saturated heterocycles. The van der Waals surface area contributed by atoms with Gasteiger partial charge in [-0.3, -0.25) is 0 Å². The molecule has 0 nitrogen and oxygen atoms in total. The maximum atomic E-state index is 3.52. The third kappa shape index (κ3) is 4.75. The van der Waals surface area contributed by atoms with Gasteiger partial charge in [0.25, 0.3) is 0 Å². The van der Waals surface area contributed by atoms with Crippen molar-refractivity contribution in [1.29, 1.82) is 0 Å². The fourth-order valence-corrected chi connectivity index (χ4v) is 12.3. The highest BCUT2D eigenvalue weighted by atomic mass is 79.9. The van der Waals surface area contributed by atoms with Crippen molar-refractivity contribution in [1.82, 2.24) is 0 Å². The van der Waals surface area contributed by atoms with Crippen molar-refractivity contribution in [3.05, 3.63) is 25.4 Å². The third-order valence-corrected chi connectivity index (χ3v) is 14.1. The van der Waals surface area contributed by atoms with Gasteiger partial charge < -0.3 is 0 Å². The van der Waals surface area contributed by atoms with Crippen LogP contribution in [0.3, 0.4) is 0 Å². The van der Waals surface area contributed by atoms with Crippen molar-refractivity contribution >= 4 is 110 Å². The minimum atomic E-state index is 1.05. The molecule has 0 saturated carbocycles. The van der Waals surface area contributed by atoms with E-state index < -0.39 is 0 Å². The Morgan fingerprint density at radius 1 is 0.750 bits per heavy atom. The van der Waals surface area contributed by atoms with E-state index in [1.54, 1.807) is 0 Å². The highest BCUT2D eigenvalue weighted by Crippen LogP contribution is 2.65. The van der Waals surface area contributed by atoms with Crippen molar-refractivity contribution in [2.75, 3.05) is 29.9 Å². The van der Waals surface area contributed by atoms with Gasteiger partial charge in [-0.1, -0.05) is 63.0 Å². The molecule has 112 valence electrons. The van der Waals surface area contributed by atoms with Gasteiger partial charge >= 0.3 is 0 Å². The molecule has 2 heterocycles. The van der Waals surface area contributed by atoms with E-state index in [1.807, 2.05) is 94.1 Å². The third-order valence-electron chi connectivity index (χ3n) is 2.11. The number of hydrogen-bond acceptors (Lipinski definition) is 8. The summed E-state index contributed by atoms with van der Waals surface area (Å²) in [6, 6.07) is 0. The minimum absolute atomic E-state index is 1.05. The predicted octanol–water partition coefficient (Wildman–Crippen LogP) is 7.54. The molecule has 0 unspecified atom stereocenters. The topological polar surface area (TPSA) is 0 Å². The number of halogens is 1. The summed E-state index contributed by atoms with van der Waals surface area (Å²) < 4.78 is 8.80. The van der Waals surface area contributed by atoms with Crippen LogP contribution in [-0.4, -0.2) is 29.9 Å². The van der Waals surface area contributed by atoms with E-state index in [0.717, 1.165) is 11.1 Å². The lowest BCUT2D eigenvalue weighted by molar-refractivity contribution is 1.59. The van der Waals surface area contributed by atoms with E-state index in [0.29, 0.717) is 0 Å². The first-order chi connectivity index (χ1) is 9.73. The first-order valence-corrected chi connectivity index (χ1v) is 14.5. The molecule has 9 heteroatoms. The van der Waals surface area contributed by atoms with E-state index in [2.05, 4.69) is 34.7 Å². The molecule has 0 radical (unpaired) electrons. The van der Waals surface area contributed by atoms with Crippen LogP contribution >= 0.6 is 110 Å². The van der Waals surface area contributed by atoms with Gasteiger partial charge in [-0.2, -0.15) is 0 Å². The molecule has 0 atom stereocenters. The van der Waals surface area contributed by atoms with Crippen LogP contribution in [0.5, 0.6) is 0 Å². The Kier molecular flexibility index (Phi) is 9.15. The van der Waals surface area contributed by atoms with E-state index in [-0.39, 0.29) is 0 Å². The highest BCUT2D eigenvalue weighted by Gasteiger charge is 2.29. The molecule has 0 bridgehead atoms. The first kappa shape index (κ1) is 18.8. The number of alkyl halides is 1. The van der Waals surface area contributed by atoms with E-state index in [1.165, 1.54) is 25.4 Å². The molecule has 2 aliphatic heterocycles. The Morgan fingerprint density at radius 3 is 1.55 bits per heavy atom. The van der Waals surface area contributed by atoms with Gasteiger partial charge in [0.05, 0.1) is 25.4 Å². The molecule has 0 N–H and O–H groups in total. The Labute approximate surface area is 163 Å². The van der Waals surface area contributed by atoms with Crippen LogP contribution in [0.15, 0.2) is 25.4 Å². The Bertz CT molecular complexity index is 449. The van der Waals surface area contributed by atoms with Crippen LogP contribution in [0.1, 0.15) is 0 Å². The number of rotatable bonds is 6. The van der Waals surface area contributed by atoms with Gasteiger partial charge in [0, 0.05) is 11.1 Å². The summed E-state index contributed by atoms with van der Waals surface area (Å²) in [7, 11) is 0. The Morgan fingerprint density at radius 2 is 1.15 bits per heavy atom. The van der Waals surface area contributed by atoms with Gasteiger partial charge in [0.2, 0.25) is 0 Å². The lowest BCUT2D eigenvalue weighted by atomic mass is 11.0. The van der Waals surface area contributed by atoms with Gasteiger partial charge in [0.15, 0.2) is 0 Å². The Hall–Kier alpha value is 2.50. The standard InChI is InChI=1S/C11H13BrS8/c1-13-6-7(14-2)18-10(17-6)11-19-8(15-3)9(20-11)16-5-4-12/h4-5H2,1-3H3. The van der Waals surface area contributed by atoms with Crippen molar-refractivity contribution in [2.24, 2.45) is 0 Å². The van der Waals surface area contributed by atoms with E-state index >= 15 is 0 Å². The van der Waals surface area contributed by atoms with Gasteiger partial charge in [0.1, 0.15) is 0 Å². The van der Waals surface area contributed by atoms with E-state index in [4.69, 9.17) is 0 Å². The second-order valence-electron chi connectivity index (χ2n) is 3.28. The van der Waals surface area contributed by atoms with Crippen LogP contribution < -0.4 is 0 Å². The van der Waals surface area contributed by atoms with Crippen molar-refractivity contribution in [3.8, 4) is 0 Å². The summed E-state index contributed by atoms with van der Waals surface area (Å²) in [6.07, 6.45) is 6.52. The summed E-state index contributed by atoms with van der Waals surface area (Å²) in [4.78, 5) is 0. The average molecular weight is 482 g/mol. The van der Waals surface area contributed by atoms with Crippen LogP contribution in [0.4, 0.5) is 0 Å². The van der Waals surface area contributed by atoms with Gasteiger partial charge in [-0.05, 0) is 18.8 Å². The van der Waals surface area contributed by atoms with Gasteiger partial charge in [-0.15, -0.1) is 47.0 Å². The summed E-state index contributed by atoms with van der Waals surface area (Å²) in [5.41, 5.74) is 0. The van der Waals surface area contributed by atoms with E-state index in [9.17, 15) is 0 Å². The lowest BCUT2D eigenvalue weighted by Gasteiger charge is -2.02. The molecule has 0 aliphatic carbocycles. The highest BCUT2D eigenvalue weighted by molar-refractivity contribution is 9.09. The fraction of sp³-hybridized carbons (Fsp3) is 0.455. The SMILES string of the molecule is CSC1=C(SC)SC(=C2SC(SC)=C(SCCBr)S2)S1. The lowest BCUT2D eigenvalue weighted by Crippen LogP contribution is -1.77. The van der Waals surface area contributed by atoms with Crippen molar-refractivity contribution in [3.63, 3.8) is 0 Å². The minimum Gasteiger partial charge on any atom is -0.121 e. The molecule has 0 spiro atoms.